The molecule has 22 heteroatoms. The van der Waals surface area contributed by atoms with Crippen molar-refractivity contribution in [2.75, 3.05) is 19.8 Å². The van der Waals surface area contributed by atoms with Crippen LogP contribution in [-0.4, -0.2) is 232 Å². The summed E-state index contributed by atoms with van der Waals surface area (Å²) < 4.78 is 48.5. The monoisotopic (exact) mass is 1090 g/mol. The van der Waals surface area contributed by atoms with Gasteiger partial charge in [0.25, 0.3) is 0 Å². The van der Waals surface area contributed by atoms with Gasteiger partial charge in [-0.05, 0) is 131 Å². The Labute approximate surface area is 445 Å². The van der Waals surface area contributed by atoms with Gasteiger partial charge < -0.3 is 109 Å². The molecule has 4 heterocycles. The van der Waals surface area contributed by atoms with Gasteiger partial charge in [-0.1, -0.05) is 46.3 Å². The molecular weight excluding hydrogens is 1000 g/mol. The molecule has 8 fully saturated rings. The number of aliphatic hydroxyl groups is 14. The fourth-order valence-corrected chi connectivity index (χ4v) is 16.1. The summed E-state index contributed by atoms with van der Waals surface area (Å²) in [7, 11) is 0. The average Bonchev–Trinajstić information content (AvgIpc) is 3.83. The van der Waals surface area contributed by atoms with Crippen molar-refractivity contribution in [3.63, 3.8) is 0 Å². The molecular formula is C54H92O22. The number of aliphatic hydroxyl groups excluding tert-OH is 14. The summed E-state index contributed by atoms with van der Waals surface area (Å²) >= 11 is 0. The van der Waals surface area contributed by atoms with E-state index < -0.39 is 165 Å². The molecule has 0 radical (unpaired) electrons. The van der Waals surface area contributed by atoms with E-state index in [9.17, 15) is 71.5 Å². The van der Waals surface area contributed by atoms with E-state index in [4.69, 9.17) is 37.9 Å². The lowest BCUT2D eigenvalue weighted by Gasteiger charge is -2.71. The van der Waals surface area contributed by atoms with Gasteiger partial charge in [0, 0.05) is 0 Å². The summed E-state index contributed by atoms with van der Waals surface area (Å²) in [5.41, 5.74) is -1.84. The molecule has 0 spiro atoms. The maximum Gasteiger partial charge on any atom is 0.187 e. The second-order valence-electron chi connectivity index (χ2n) is 25.7. The molecule has 22 nitrogen and oxygen atoms in total. The van der Waals surface area contributed by atoms with Crippen molar-refractivity contribution in [2.45, 2.75) is 261 Å². The molecule has 0 amide bonds. The molecule has 8 rings (SSSR count). The number of ether oxygens (including phenoxy) is 8. The lowest BCUT2D eigenvalue weighted by Crippen LogP contribution is -2.67. The molecule has 4 saturated carbocycles. The van der Waals surface area contributed by atoms with Crippen molar-refractivity contribution in [3.05, 3.63) is 11.6 Å². The SMILES string of the molecule is CC(=CCCC(C)(OC1OC(COC2OC(C)C(O)C(O)C2O)C(O)C(O)C1O)C1CCC2(C)C1C(O)CC1C3(C)CCC(OC4OC(COC5OC(C)C(O)C(O)C5O)C(O)C(O)C4O)C(C)(C)C3CCC12C)CO. The van der Waals surface area contributed by atoms with E-state index in [0.717, 1.165) is 24.8 Å². The summed E-state index contributed by atoms with van der Waals surface area (Å²) in [4.78, 5) is 0. The van der Waals surface area contributed by atoms with E-state index in [1.54, 1.807) is 0 Å². The van der Waals surface area contributed by atoms with Gasteiger partial charge in [-0.25, -0.2) is 0 Å². The molecule has 0 aromatic heterocycles. The first-order valence-corrected chi connectivity index (χ1v) is 27.8. The number of rotatable bonds is 15. The van der Waals surface area contributed by atoms with Gasteiger partial charge in [0.05, 0.1) is 49.8 Å². The normalized spacial score (nSPS) is 53.5. The molecule has 4 aliphatic carbocycles. The van der Waals surface area contributed by atoms with Crippen LogP contribution in [0.5, 0.6) is 0 Å². The van der Waals surface area contributed by atoms with E-state index in [-0.39, 0.29) is 41.1 Å². The Balaban J connectivity index is 0.982. The fourth-order valence-electron chi connectivity index (χ4n) is 16.1. The van der Waals surface area contributed by atoms with Crippen LogP contribution in [0, 0.1) is 45.3 Å². The summed E-state index contributed by atoms with van der Waals surface area (Å²) in [6.45, 7) is 17.0. The predicted octanol–water partition coefficient (Wildman–Crippen LogP) is -1.17. The van der Waals surface area contributed by atoms with Crippen LogP contribution in [0.3, 0.4) is 0 Å². The average molecular weight is 1090 g/mol. The Hall–Kier alpha value is -1.14. The third-order valence-corrected chi connectivity index (χ3v) is 21.0. The van der Waals surface area contributed by atoms with Gasteiger partial charge in [-0.3, -0.25) is 0 Å². The molecule has 0 bridgehead atoms. The molecule has 0 aromatic rings. The van der Waals surface area contributed by atoms with E-state index in [1.807, 2.05) is 19.9 Å². The van der Waals surface area contributed by atoms with Crippen LogP contribution in [0.4, 0.5) is 0 Å². The standard InChI is InChI=1S/C54H92O22/c1-23(20-55)11-10-15-54(9,76-49-45(68)41(64)37(60)29(74-49)22-70-47-43(66)39(62)35(58)25(3)72-47)26-12-17-53(8)33(26)27(56)19-31-51(6)16-14-32(50(4,5)30(51)13-18-52(31,53)7)75-48-44(67)40(63)36(59)28(73-48)21-69-46-42(65)38(61)34(57)24(2)71-46/h11,24-49,55-68H,10,12-22H2,1-9H3. The highest BCUT2D eigenvalue weighted by atomic mass is 16.7. The fraction of sp³-hybridized carbons (Fsp3) is 0.963. The lowest BCUT2D eigenvalue weighted by atomic mass is 9.35. The lowest BCUT2D eigenvalue weighted by molar-refractivity contribution is -0.349. The molecule has 440 valence electrons. The van der Waals surface area contributed by atoms with Crippen LogP contribution in [-0.2, 0) is 37.9 Å². The van der Waals surface area contributed by atoms with Crippen molar-refractivity contribution in [1.82, 2.24) is 0 Å². The van der Waals surface area contributed by atoms with E-state index in [1.165, 1.54) is 13.8 Å². The van der Waals surface area contributed by atoms with Gasteiger partial charge in [0.15, 0.2) is 25.2 Å². The minimum Gasteiger partial charge on any atom is -0.393 e. The van der Waals surface area contributed by atoms with Crippen LogP contribution in [0.2, 0.25) is 0 Å². The van der Waals surface area contributed by atoms with Crippen molar-refractivity contribution in [1.29, 1.82) is 0 Å². The maximum absolute atomic E-state index is 12.8. The third kappa shape index (κ3) is 10.7. The highest BCUT2D eigenvalue weighted by Crippen LogP contribution is 2.76. The molecule has 8 aliphatic rings. The molecule has 14 N–H and O–H groups in total. The first kappa shape index (κ1) is 60.9. The number of allylic oxidation sites excluding steroid dienone is 1. The van der Waals surface area contributed by atoms with Crippen molar-refractivity contribution in [2.24, 2.45) is 45.3 Å². The first-order chi connectivity index (χ1) is 35.5. The third-order valence-electron chi connectivity index (χ3n) is 21.0. The van der Waals surface area contributed by atoms with Gasteiger partial charge in [0.1, 0.15) is 85.5 Å². The zero-order valence-electron chi connectivity index (χ0n) is 45.6. The quantitative estimate of drug-likeness (QED) is 0.0678. The highest BCUT2D eigenvalue weighted by molar-refractivity contribution is 5.20. The van der Waals surface area contributed by atoms with Crippen LogP contribution >= 0.6 is 0 Å². The van der Waals surface area contributed by atoms with Gasteiger partial charge in [-0.2, -0.15) is 0 Å². The Bertz CT molecular complexity index is 1980. The van der Waals surface area contributed by atoms with Crippen LogP contribution in [0.15, 0.2) is 11.6 Å². The Morgan fingerprint density at radius 2 is 1.05 bits per heavy atom. The summed E-state index contributed by atoms with van der Waals surface area (Å²) in [5, 5.41) is 152. The van der Waals surface area contributed by atoms with Crippen LogP contribution < -0.4 is 0 Å². The maximum atomic E-state index is 12.8. The summed E-state index contributed by atoms with van der Waals surface area (Å²) in [5.74, 6) is -0.430. The Morgan fingerprint density at radius 3 is 1.59 bits per heavy atom. The summed E-state index contributed by atoms with van der Waals surface area (Å²) in [6.07, 6.45) is -22.6. The summed E-state index contributed by atoms with van der Waals surface area (Å²) in [6, 6.07) is 0. The first-order valence-electron chi connectivity index (χ1n) is 27.8. The predicted molar refractivity (Wildman–Crippen MR) is 265 cm³/mol. The van der Waals surface area contributed by atoms with Gasteiger partial charge in [0.2, 0.25) is 0 Å². The van der Waals surface area contributed by atoms with Gasteiger partial charge >= 0.3 is 0 Å². The van der Waals surface area contributed by atoms with Crippen LogP contribution in [0.25, 0.3) is 0 Å². The second-order valence-corrected chi connectivity index (χ2v) is 25.7. The zero-order valence-corrected chi connectivity index (χ0v) is 45.6. The Morgan fingerprint density at radius 1 is 0.566 bits per heavy atom. The van der Waals surface area contributed by atoms with E-state index in [0.29, 0.717) is 38.5 Å². The Kier molecular flexibility index (Phi) is 18.4. The van der Waals surface area contributed by atoms with Gasteiger partial charge in [-0.15, -0.1) is 0 Å². The molecule has 0 aromatic carbocycles. The highest BCUT2D eigenvalue weighted by Gasteiger charge is 2.72. The number of hydrogen-bond donors (Lipinski definition) is 14. The van der Waals surface area contributed by atoms with E-state index in [2.05, 4.69) is 34.6 Å². The smallest absolute Gasteiger partial charge is 0.187 e. The van der Waals surface area contributed by atoms with Crippen LogP contribution in [0.1, 0.15) is 120 Å². The minimum absolute atomic E-state index is 0.0610. The largest absolute Gasteiger partial charge is 0.393 e. The molecule has 76 heavy (non-hydrogen) atoms. The van der Waals surface area contributed by atoms with Crippen molar-refractivity contribution >= 4 is 0 Å². The van der Waals surface area contributed by atoms with Crippen molar-refractivity contribution in [3.8, 4) is 0 Å². The topological polar surface area (TPSA) is 357 Å². The van der Waals surface area contributed by atoms with Crippen molar-refractivity contribution < 1.29 is 109 Å². The molecule has 4 saturated heterocycles. The minimum atomic E-state index is -1.74. The number of hydrogen-bond acceptors (Lipinski definition) is 22. The zero-order chi connectivity index (χ0) is 55.9. The molecule has 4 aliphatic heterocycles. The molecule has 30 unspecified atom stereocenters. The molecule has 30 atom stereocenters. The van der Waals surface area contributed by atoms with E-state index >= 15 is 0 Å². The number of fused-ring (bicyclic) bond motifs is 5. The second kappa shape index (κ2) is 22.9.